The molecule has 5 N–H and O–H groups in total. The number of anilines is 2. The van der Waals surface area contributed by atoms with E-state index in [0.717, 1.165) is 4.57 Å². The highest BCUT2D eigenvalue weighted by atomic mass is 35.5. The number of hydrogen-bond donors (Lipinski definition) is 3. The van der Waals surface area contributed by atoms with E-state index in [1.165, 1.54) is 13.3 Å². The molecule has 2 aromatic heterocycles. The summed E-state index contributed by atoms with van der Waals surface area (Å²) >= 11 is 6.06. The number of ketones is 1. The van der Waals surface area contributed by atoms with Crippen molar-refractivity contribution in [2.45, 2.75) is 37.4 Å². The maximum atomic E-state index is 15.5. The largest absolute Gasteiger partial charge is 0.424 e. The molecule has 1 aromatic carbocycles. The van der Waals surface area contributed by atoms with Crippen LogP contribution >= 0.6 is 19.2 Å². The number of aliphatic hydroxyl groups excluding tert-OH is 1. The average Bonchev–Trinajstić information content (AvgIpc) is 3.31. The minimum absolute atomic E-state index is 0.0349. The highest BCUT2D eigenvalue weighted by Gasteiger charge is 2.58. The number of benzene rings is 1. The van der Waals surface area contributed by atoms with Crippen molar-refractivity contribution >= 4 is 47.9 Å². The van der Waals surface area contributed by atoms with Gasteiger partial charge in [0.15, 0.2) is 17.7 Å². The molecule has 0 aliphatic carbocycles. The number of ether oxygens (including phenoxy) is 1. The molecule has 0 spiro atoms. The van der Waals surface area contributed by atoms with Gasteiger partial charge in [-0.2, -0.15) is 9.97 Å². The molecular weight excluding hydrogens is 518 g/mol. The third-order valence-corrected chi connectivity index (χ3v) is 8.15. The average molecular weight is 543 g/mol. The van der Waals surface area contributed by atoms with E-state index < -0.39 is 43.7 Å². The lowest BCUT2D eigenvalue weighted by Crippen LogP contribution is -2.38. The van der Waals surface area contributed by atoms with E-state index in [4.69, 9.17) is 36.9 Å². The molecule has 15 heteroatoms. The van der Waals surface area contributed by atoms with Crippen molar-refractivity contribution in [3.05, 3.63) is 36.7 Å². The van der Waals surface area contributed by atoms with Crippen molar-refractivity contribution in [2.24, 2.45) is 5.92 Å². The number of hydrogen-bond acceptors (Lipinski definition) is 11. The summed E-state index contributed by atoms with van der Waals surface area (Å²) in [5, 5.41) is 7.76. The summed E-state index contributed by atoms with van der Waals surface area (Å²) in [6.45, 7) is 2.38. The Kier molecular flexibility index (Phi) is 7.22. The summed E-state index contributed by atoms with van der Waals surface area (Å²) < 4.78 is 47.1. The third-order valence-electron chi connectivity index (χ3n) is 5.71. The van der Waals surface area contributed by atoms with Crippen molar-refractivity contribution < 1.29 is 32.6 Å². The first-order valence-electron chi connectivity index (χ1n) is 10.9. The van der Waals surface area contributed by atoms with Gasteiger partial charge in [-0.15, -0.1) is 0 Å². The number of nitrogens with two attached hydrogens (primary N) is 2. The zero-order valence-electron chi connectivity index (χ0n) is 19.3. The van der Waals surface area contributed by atoms with Gasteiger partial charge in [-0.05, 0) is 19.1 Å². The molecule has 0 radical (unpaired) electrons. The number of carbonyl (C=O) groups excluding carboxylic acids is 1. The van der Waals surface area contributed by atoms with Gasteiger partial charge in [0.2, 0.25) is 5.95 Å². The Hall–Kier alpha value is -2.83. The lowest BCUT2D eigenvalue weighted by molar-refractivity contribution is -0.119. The van der Waals surface area contributed by atoms with Gasteiger partial charge < -0.3 is 25.8 Å². The number of nitrogen functional groups attached to an aromatic ring is 2. The van der Waals surface area contributed by atoms with Gasteiger partial charge in [0.25, 0.3) is 5.13 Å². The van der Waals surface area contributed by atoms with Crippen LogP contribution in [0.3, 0.4) is 0 Å². The summed E-state index contributed by atoms with van der Waals surface area (Å²) in [7, 11) is -3.95. The van der Waals surface area contributed by atoms with Crippen LogP contribution in [0.2, 0.25) is 0 Å². The van der Waals surface area contributed by atoms with E-state index in [-0.39, 0.29) is 40.6 Å². The normalized spacial score (nSPS) is 26.5. The number of halogens is 2. The Bertz CT molecular complexity index is 1310. The highest BCUT2D eigenvalue weighted by molar-refractivity contribution is 7.54. The Labute approximate surface area is 210 Å². The molecule has 36 heavy (non-hydrogen) atoms. The first-order chi connectivity index (χ1) is 16.9. The maximum Gasteiger partial charge on any atom is 0.379 e. The van der Waals surface area contributed by atoms with Gasteiger partial charge in [0.1, 0.15) is 29.3 Å². The lowest BCUT2D eigenvalue weighted by atomic mass is 10.1. The molecule has 1 fully saturated rings. The molecule has 4 rings (SSSR count). The first-order valence-corrected chi connectivity index (χ1v) is 13.0. The topological polar surface area (TPSA) is 178 Å². The fourth-order valence-electron chi connectivity index (χ4n) is 3.64. The van der Waals surface area contributed by atoms with Gasteiger partial charge in [-0.25, -0.2) is 13.9 Å². The fraction of sp³-hybridized carbons (Fsp3) is 0.429. The van der Waals surface area contributed by atoms with Crippen LogP contribution in [0.1, 0.15) is 20.1 Å². The van der Waals surface area contributed by atoms with Crippen molar-refractivity contribution in [1.82, 2.24) is 19.5 Å². The van der Waals surface area contributed by atoms with E-state index in [2.05, 4.69) is 15.0 Å². The standard InChI is InChI=1S/C21H25ClFN6O6P/c1-11(12(2)30)9-36(32,35-13-6-4-3-5-7-13)33-8-14-16(31)21(22,23)19(34-14)29-10-26-15-17(24)27-20(25)28-18(15)29/h3-7,10-11,14,16,19,31H,8-9H2,1-2H3,(H4,24,25,27,28)/t11-,14-,16?,19-,21-,36?/m1/s1. The number of imidazole rings is 1. The second kappa shape index (κ2) is 9.91. The minimum atomic E-state index is -3.95. The number of carbonyl (C=O) groups is 1. The number of alkyl halides is 2. The van der Waals surface area contributed by atoms with Crippen molar-refractivity contribution in [2.75, 3.05) is 24.2 Å². The smallest absolute Gasteiger partial charge is 0.379 e. The number of aromatic nitrogens is 4. The molecule has 2 unspecified atom stereocenters. The number of para-hydroxylation sites is 1. The summed E-state index contributed by atoms with van der Waals surface area (Å²) in [6, 6.07) is 8.23. The molecule has 1 aliphatic heterocycles. The minimum Gasteiger partial charge on any atom is -0.424 e. The molecule has 3 heterocycles. The zero-order chi connectivity index (χ0) is 26.3. The zero-order valence-corrected chi connectivity index (χ0v) is 21.0. The first kappa shape index (κ1) is 26.2. The number of fused-ring (bicyclic) bond motifs is 1. The second-order valence-electron chi connectivity index (χ2n) is 8.44. The Morgan fingerprint density at radius 3 is 2.72 bits per heavy atom. The quantitative estimate of drug-likeness (QED) is 0.267. The van der Waals surface area contributed by atoms with E-state index in [1.54, 1.807) is 37.3 Å². The monoisotopic (exact) mass is 542 g/mol. The third kappa shape index (κ3) is 5.16. The fourth-order valence-corrected chi connectivity index (χ4v) is 5.92. The molecule has 1 saturated heterocycles. The SMILES string of the molecule is CC(=O)[C@H](C)CP(=O)(OC[C@H]1O[C@@H](n2cnc3c(N)nc(N)nc32)[C@@](F)(Cl)C1O)Oc1ccccc1. The Morgan fingerprint density at radius 1 is 1.36 bits per heavy atom. The number of aliphatic hydroxyl groups is 1. The lowest BCUT2D eigenvalue weighted by Gasteiger charge is -2.24. The van der Waals surface area contributed by atoms with Crippen LogP contribution < -0.4 is 16.0 Å². The summed E-state index contributed by atoms with van der Waals surface area (Å²) in [6.07, 6.45) is -3.97. The van der Waals surface area contributed by atoms with E-state index in [9.17, 15) is 14.5 Å². The summed E-state index contributed by atoms with van der Waals surface area (Å²) in [5.74, 6) is -0.837. The van der Waals surface area contributed by atoms with Crippen LogP contribution in [-0.2, 0) is 18.6 Å². The van der Waals surface area contributed by atoms with Gasteiger partial charge in [0, 0.05) is 5.92 Å². The van der Waals surface area contributed by atoms with E-state index >= 15 is 4.39 Å². The van der Waals surface area contributed by atoms with Crippen LogP contribution in [0.4, 0.5) is 16.2 Å². The molecule has 6 atom stereocenters. The highest BCUT2D eigenvalue weighted by Crippen LogP contribution is 2.52. The predicted octanol–water partition coefficient (Wildman–Crippen LogP) is 2.67. The molecule has 0 amide bonds. The molecule has 3 aromatic rings. The predicted molar refractivity (Wildman–Crippen MR) is 129 cm³/mol. The van der Waals surface area contributed by atoms with Gasteiger partial charge >= 0.3 is 7.60 Å². The Morgan fingerprint density at radius 2 is 2.06 bits per heavy atom. The molecule has 0 bridgehead atoms. The van der Waals surface area contributed by atoms with Crippen molar-refractivity contribution in [3.8, 4) is 5.75 Å². The van der Waals surface area contributed by atoms with Crippen LogP contribution in [0, 0.1) is 5.92 Å². The molecule has 1 aliphatic rings. The number of nitrogens with zero attached hydrogens (tertiary/aromatic N) is 4. The number of rotatable bonds is 9. The van der Waals surface area contributed by atoms with Gasteiger partial charge in [0.05, 0.1) is 19.1 Å². The van der Waals surface area contributed by atoms with E-state index in [1.807, 2.05) is 0 Å². The molecule has 0 saturated carbocycles. The molecular formula is C21H25ClFN6O6P. The van der Waals surface area contributed by atoms with Gasteiger partial charge in [-0.3, -0.25) is 13.9 Å². The Balaban J connectivity index is 1.57. The van der Waals surface area contributed by atoms with Crippen molar-refractivity contribution in [3.63, 3.8) is 0 Å². The van der Waals surface area contributed by atoms with Crippen LogP contribution in [0.25, 0.3) is 11.2 Å². The van der Waals surface area contributed by atoms with Crippen LogP contribution in [0.5, 0.6) is 5.75 Å². The number of Topliss-reactive ketones (excluding diaryl/α,β-unsaturated/α-hetero) is 1. The second-order valence-corrected chi connectivity index (χ2v) is 11.0. The van der Waals surface area contributed by atoms with Crippen LogP contribution in [-0.4, -0.2) is 60.5 Å². The van der Waals surface area contributed by atoms with Gasteiger partial charge in [-0.1, -0.05) is 36.7 Å². The van der Waals surface area contributed by atoms with E-state index in [0.29, 0.717) is 0 Å². The van der Waals surface area contributed by atoms with Crippen molar-refractivity contribution in [1.29, 1.82) is 0 Å². The summed E-state index contributed by atoms with van der Waals surface area (Å²) in [5.41, 5.74) is 11.6. The summed E-state index contributed by atoms with van der Waals surface area (Å²) in [4.78, 5) is 23.7. The molecule has 194 valence electrons. The van der Waals surface area contributed by atoms with Crippen LogP contribution in [0.15, 0.2) is 36.7 Å². The maximum absolute atomic E-state index is 15.5. The molecule has 12 nitrogen and oxygen atoms in total.